The van der Waals surface area contributed by atoms with Crippen LogP contribution in [0.4, 0.5) is 13.6 Å². The van der Waals surface area contributed by atoms with Gasteiger partial charge in [-0.1, -0.05) is 12.0 Å². The zero-order chi connectivity index (χ0) is 20.3. The minimum absolute atomic E-state index is 0.0735. The summed E-state index contributed by atoms with van der Waals surface area (Å²) in [6, 6.07) is 2.45. The quantitative estimate of drug-likeness (QED) is 0.728. The first kappa shape index (κ1) is 20.1. The van der Waals surface area contributed by atoms with E-state index in [4.69, 9.17) is 4.74 Å². The van der Waals surface area contributed by atoms with Crippen molar-refractivity contribution in [3.63, 3.8) is 0 Å². The number of hydrogen-bond acceptors (Lipinski definition) is 3. The fraction of sp³-hybridized carbons (Fsp3) is 0.524. The Kier molecular flexibility index (Phi) is 5.87. The Hall–Kier alpha value is -2.62. The van der Waals surface area contributed by atoms with Gasteiger partial charge in [-0.3, -0.25) is 4.79 Å². The molecule has 150 valence electrons. The summed E-state index contributed by atoms with van der Waals surface area (Å²) >= 11 is 0. The molecule has 0 saturated carbocycles. The summed E-state index contributed by atoms with van der Waals surface area (Å²) in [5.41, 5.74) is -0.309. The molecular weight excluding hydrogens is 366 g/mol. The molecule has 0 radical (unpaired) electrons. The van der Waals surface area contributed by atoms with Gasteiger partial charge >= 0.3 is 6.09 Å². The zero-order valence-corrected chi connectivity index (χ0v) is 16.2. The highest BCUT2D eigenvalue weighted by Gasteiger charge is 2.43. The van der Waals surface area contributed by atoms with Crippen LogP contribution in [-0.4, -0.2) is 54.6 Å². The third-order valence-electron chi connectivity index (χ3n) is 5.75. The van der Waals surface area contributed by atoms with Gasteiger partial charge in [0.2, 0.25) is 0 Å². The maximum Gasteiger partial charge on any atom is 0.410 e. The van der Waals surface area contributed by atoms with Crippen LogP contribution in [0.15, 0.2) is 12.1 Å². The van der Waals surface area contributed by atoms with Crippen LogP contribution in [0.5, 0.6) is 0 Å². The Labute approximate surface area is 163 Å². The van der Waals surface area contributed by atoms with E-state index in [1.807, 2.05) is 0 Å². The average Bonchev–Trinajstić information content (AvgIpc) is 3.09. The van der Waals surface area contributed by atoms with Crippen molar-refractivity contribution >= 4 is 12.0 Å². The summed E-state index contributed by atoms with van der Waals surface area (Å²) in [7, 11) is 0. The van der Waals surface area contributed by atoms with Crippen LogP contribution in [0.25, 0.3) is 0 Å². The van der Waals surface area contributed by atoms with Crippen LogP contribution in [0.2, 0.25) is 0 Å². The first-order chi connectivity index (χ1) is 13.4. The number of nitrogens with zero attached hydrogens (tertiary/aromatic N) is 2. The number of aryl methyl sites for hydroxylation is 1. The third kappa shape index (κ3) is 3.96. The van der Waals surface area contributed by atoms with E-state index in [-0.39, 0.29) is 23.7 Å². The molecule has 2 saturated heterocycles. The molecule has 2 aliphatic rings. The number of hydrogen-bond donors (Lipinski definition) is 0. The highest BCUT2D eigenvalue weighted by Crippen LogP contribution is 2.41. The van der Waals surface area contributed by atoms with Crippen molar-refractivity contribution in [3.05, 3.63) is 34.9 Å². The molecule has 3 rings (SSSR count). The summed E-state index contributed by atoms with van der Waals surface area (Å²) in [5.74, 6) is 3.13. The Bertz CT molecular complexity index is 836. The zero-order valence-electron chi connectivity index (χ0n) is 16.2. The minimum atomic E-state index is -0.835. The van der Waals surface area contributed by atoms with Gasteiger partial charge in [0, 0.05) is 26.2 Å². The van der Waals surface area contributed by atoms with E-state index in [1.54, 1.807) is 11.8 Å². The van der Waals surface area contributed by atoms with E-state index in [2.05, 4.69) is 11.8 Å². The predicted octanol–water partition coefficient (Wildman–Crippen LogP) is 3.36. The van der Waals surface area contributed by atoms with Crippen LogP contribution in [0.1, 0.15) is 42.1 Å². The van der Waals surface area contributed by atoms with Gasteiger partial charge in [0.05, 0.1) is 0 Å². The molecule has 0 N–H and O–H groups in total. The second-order valence-electron chi connectivity index (χ2n) is 7.50. The molecule has 0 aromatic heterocycles. The lowest BCUT2D eigenvalue weighted by molar-refractivity contribution is 0.0570. The molecule has 0 unspecified atom stereocenters. The molecule has 0 atom stereocenters. The minimum Gasteiger partial charge on any atom is -0.436 e. The molecule has 2 aliphatic heterocycles. The molecule has 1 aromatic carbocycles. The van der Waals surface area contributed by atoms with Crippen molar-refractivity contribution in [2.75, 3.05) is 32.8 Å². The number of benzene rings is 1. The Balaban J connectivity index is 1.60. The third-order valence-corrected chi connectivity index (χ3v) is 5.75. The van der Waals surface area contributed by atoms with Crippen molar-refractivity contribution in [1.82, 2.24) is 9.80 Å². The van der Waals surface area contributed by atoms with Crippen molar-refractivity contribution in [2.24, 2.45) is 5.41 Å². The monoisotopic (exact) mass is 390 g/mol. The lowest BCUT2D eigenvalue weighted by Gasteiger charge is -2.39. The summed E-state index contributed by atoms with van der Waals surface area (Å²) in [4.78, 5) is 27.9. The molecule has 2 fully saturated rings. The van der Waals surface area contributed by atoms with E-state index in [9.17, 15) is 18.4 Å². The molecule has 28 heavy (non-hydrogen) atoms. The Morgan fingerprint density at radius 3 is 2.43 bits per heavy atom. The van der Waals surface area contributed by atoms with Gasteiger partial charge in [0.15, 0.2) is 6.61 Å². The lowest BCUT2D eigenvalue weighted by atomic mass is 9.77. The van der Waals surface area contributed by atoms with E-state index < -0.39 is 23.1 Å². The molecule has 1 spiro atoms. The highest BCUT2D eigenvalue weighted by atomic mass is 19.1. The van der Waals surface area contributed by atoms with E-state index in [0.717, 1.165) is 12.5 Å². The van der Waals surface area contributed by atoms with Gasteiger partial charge in [-0.05, 0) is 50.2 Å². The normalized spacial score (nSPS) is 18.0. The molecule has 0 aliphatic carbocycles. The molecule has 7 heteroatoms. The Morgan fingerprint density at radius 1 is 1.14 bits per heavy atom. The van der Waals surface area contributed by atoms with Crippen LogP contribution in [0, 0.1) is 35.8 Å². The van der Waals surface area contributed by atoms with Crippen LogP contribution in [0.3, 0.4) is 0 Å². The summed E-state index contributed by atoms with van der Waals surface area (Å²) in [6.07, 6.45) is 1.83. The summed E-state index contributed by atoms with van der Waals surface area (Å²) in [5, 5.41) is 0. The molecule has 2 heterocycles. The summed E-state index contributed by atoms with van der Waals surface area (Å²) < 4.78 is 33.4. The SMILES string of the molecule is CC#CCOC(=O)N1CCC2(CCN(C(=O)c3c(F)ccc(C)c3F)CC2)C1. The maximum atomic E-state index is 14.3. The van der Waals surface area contributed by atoms with Crippen molar-refractivity contribution in [3.8, 4) is 11.8 Å². The number of likely N-dealkylation sites (tertiary alicyclic amines) is 2. The predicted molar refractivity (Wildman–Crippen MR) is 99.7 cm³/mol. The molecule has 2 amide bonds. The standard InChI is InChI=1S/C21H24F2N2O3/c1-3-4-13-28-20(27)25-12-9-21(14-25)7-10-24(11-8-21)19(26)17-16(22)6-5-15(2)18(17)23/h5-6H,7-14H2,1-2H3. The van der Waals surface area contributed by atoms with E-state index >= 15 is 0 Å². The molecule has 1 aromatic rings. The van der Waals surface area contributed by atoms with Crippen LogP contribution >= 0.6 is 0 Å². The van der Waals surface area contributed by atoms with Gasteiger partial charge in [-0.15, -0.1) is 5.92 Å². The molecule has 0 bridgehead atoms. The molecule has 5 nitrogen and oxygen atoms in total. The second kappa shape index (κ2) is 8.17. The smallest absolute Gasteiger partial charge is 0.410 e. The summed E-state index contributed by atoms with van der Waals surface area (Å²) in [6.45, 7) is 5.27. The van der Waals surface area contributed by atoms with Gasteiger partial charge in [0.1, 0.15) is 17.2 Å². The molecular formula is C21H24F2N2O3. The van der Waals surface area contributed by atoms with Crippen molar-refractivity contribution < 1.29 is 23.1 Å². The maximum absolute atomic E-state index is 14.3. The fourth-order valence-corrected chi connectivity index (χ4v) is 3.96. The van der Waals surface area contributed by atoms with Gasteiger partial charge in [-0.2, -0.15) is 0 Å². The number of amides is 2. The number of halogens is 2. The average molecular weight is 390 g/mol. The van der Waals surface area contributed by atoms with Crippen LogP contribution < -0.4 is 0 Å². The van der Waals surface area contributed by atoms with Crippen molar-refractivity contribution in [2.45, 2.75) is 33.1 Å². The number of carbonyl (C=O) groups excluding carboxylic acids is 2. The number of rotatable bonds is 2. The lowest BCUT2D eigenvalue weighted by Crippen LogP contribution is -2.45. The first-order valence-electron chi connectivity index (χ1n) is 9.42. The second-order valence-corrected chi connectivity index (χ2v) is 7.50. The van der Waals surface area contributed by atoms with Gasteiger partial charge < -0.3 is 14.5 Å². The largest absolute Gasteiger partial charge is 0.436 e. The van der Waals surface area contributed by atoms with Crippen LogP contribution in [-0.2, 0) is 4.74 Å². The number of piperidine rings is 1. The van der Waals surface area contributed by atoms with Gasteiger partial charge in [-0.25, -0.2) is 13.6 Å². The van der Waals surface area contributed by atoms with E-state index in [0.29, 0.717) is 39.0 Å². The highest BCUT2D eigenvalue weighted by molar-refractivity contribution is 5.95. The number of ether oxygens (including phenoxy) is 1. The fourth-order valence-electron chi connectivity index (χ4n) is 3.96. The first-order valence-corrected chi connectivity index (χ1v) is 9.42. The van der Waals surface area contributed by atoms with Gasteiger partial charge in [0.25, 0.3) is 5.91 Å². The Morgan fingerprint density at radius 2 is 1.79 bits per heavy atom. The topological polar surface area (TPSA) is 49.9 Å². The van der Waals surface area contributed by atoms with Crippen molar-refractivity contribution in [1.29, 1.82) is 0 Å². The number of carbonyl (C=O) groups is 2. The van der Waals surface area contributed by atoms with E-state index in [1.165, 1.54) is 17.9 Å².